The molecule has 0 bridgehead atoms. The third-order valence-electron chi connectivity index (χ3n) is 1.92. The standard InChI is InChI=1S/C11H10NO4/c1-7(14)16-9-4-2-8(3-5-9)10(6-13)11(12)15/h2-6,10,12H,1H3. The molecule has 0 aliphatic heterocycles. The Labute approximate surface area is 92.2 Å². The summed E-state index contributed by atoms with van der Waals surface area (Å²) in [6, 6.07) is 5.89. The van der Waals surface area contributed by atoms with Crippen LogP contribution in [0.5, 0.6) is 5.75 Å². The van der Waals surface area contributed by atoms with Crippen molar-refractivity contribution in [3.8, 4) is 5.75 Å². The number of hydrogen-bond acceptors (Lipinski definition) is 4. The fraction of sp³-hybridized carbons (Fsp3) is 0.182. The summed E-state index contributed by atoms with van der Waals surface area (Å²) in [7, 11) is 0. The average molecular weight is 220 g/mol. The van der Waals surface area contributed by atoms with E-state index < -0.39 is 17.8 Å². The first-order chi connectivity index (χ1) is 7.54. The number of aldehydes is 1. The largest absolute Gasteiger partial charge is 0.427 e. The number of benzene rings is 1. The maximum Gasteiger partial charge on any atom is 0.308 e. The Kier molecular flexibility index (Phi) is 3.77. The van der Waals surface area contributed by atoms with Gasteiger partial charge in [-0.25, -0.2) is 0 Å². The van der Waals surface area contributed by atoms with E-state index in [2.05, 4.69) is 0 Å². The van der Waals surface area contributed by atoms with E-state index in [4.69, 9.17) is 10.5 Å². The van der Waals surface area contributed by atoms with Crippen molar-refractivity contribution in [2.75, 3.05) is 0 Å². The molecule has 83 valence electrons. The van der Waals surface area contributed by atoms with Crippen LogP contribution in [0.25, 0.3) is 0 Å². The Hall–Kier alpha value is -2.17. The summed E-state index contributed by atoms with van der Waals surface area (Å²) < 4.78 is 4.78. The first kappa shape index (κ1) is 11.9. The van der Waals surface area contributed by atoms with Crippen LogP contribution >= 0.6 is 0 Å². The zero-order chi connectivity index (χ0) is 12.1. The molecule has 0 aromatic heterocycles. The van der Waals surface area contributed by atoms with Gasteiger partial charge in [0.15, 0.2) is 0 Å². The van der Waals surface area contributed by atoms with Gasteiger partial charge in [0.2, 0.25) is 0 Å². The van der Waals surface area contributed by atoms with Gasteiger partial charge in [-0.05, 0) is 17.7 Å². The van der Waals surface area contributed by atoms with Crippen LogP contribution in [0, 0.1) is 0 Å². The number of carbonyl (C=O) groups excluding carboxylic acids is 3. The molecule has 0 aliphatic rings. The Balaban J connectivity index is 2.89. The maximum absolute atomic E-state index is 10.8. The molecule has 1 rings (SSSR count). The first-order valence-electron chi connectivity index (χ1n) is 4.53. The zero-order valence-electron chi connectivity index (χ0n) is 8.60. The lowest BCUT2D eigenvalue weighted by atomic mass is 10.0. The molecule has 0 aliphatic carbocycles. The smallest absolute Gasteiger partial charge is 0.308 e. The van der Waals surface area contributed by atoms with Crippen LogP contribution in [-0.2, 0) is 14.4 Å². The van der Waals surface area contributed by atoms with Gasteiger partial charge in [-0.3, -0.25) is 15.3 Å². The number of amides is 1. The van der Waals surface area contributed by atoms with Crippen molar-refractivity contribution < 1.29 is 19.1 Å². The number of hydrogen-bond donors (Lipinski definition) is 0. The number of nitrogens with one attached hydrogen (secondary N) is 1. The van der Waals surface area contributed by atoms with E-state index in [0.29, 0.717) is 17.6 Å². The summed E-state index contributed by atoms with van der Waals surface area (Å²) in [5, 5.41) is 0. The molecule has 0 spiro atoms. The third kappa shape index (κ3) is 2.91. The van der Waals surface area contributed by atoms with Crippen molar-refractivity contribution in [3.63, 3.8) is 0 Å². The summed E-state index contributed by atoms with van der Waals surface area (Å²) in [4.78, 5) is 32.0. The molecule has 16 heavy (non-hydrogen) atoms. The number of esters is 1. The summed E-state index contributed by atoms with van der Waals surface area (Å²) in [6.45, 7) is 1.27. The minimum atomic E-state index is -1.08. The van der Waals surface area contributed by atoms with Crippen molar-refractivity contribution in [2.24, 2.45) is 0 Å². The van der Waals surface area contributed by atoms with Gasteiger partial charge in [0.25, 0.3) is 5.91 Å². The van der Waals surface area contributed by atoms with Crippen LogP contribution < -0.4 is 10.5 Å². The molecule has 1 aromatic rings. The highest BCUT2D eigenvalue weighted by Gasteiger charge is 2.17. The van der Waals surface area contributed by atoms with E-state index >= 15 is 0 Å². The van der Waals surface area contributed by atoms with Crippen LogP contribution in [0.15, 0.2) is 24.3 Å². The average Bonchev–Trinajstić information content (AvgIpc) is 2.20. The van der Waals surface area contributed by atoms with Gasteiger partial charge < -0.3 is 9.53 Å². The lowest BCUT2D eigenvalue weighted by Gasteiger charge is -2.06. The van der Waals surface area contributed by atoms with Crippen LogP contribution in [0.3, 0.4) is 0 Å². The van der Waals surface area contributed by atoms with Gasteiger partial charge in [-0.15, -0.1) is 0 Å². The SMILES string of the molecule is CC(=O)Oc1ccc(C(C=O)C([NH])=O)cc1. The van der Waals surface area contributed by atoms with Crippen LogP contribution in [0.2, 0.25) is 0 Å². The fourth-order valence-electron chi connectivity index (χ4n) is 1.20. The molecule has 1 amide bonds. The molecule has 1 unspecified atom stereocenters. The molecule has 0 fully saturated rings. The van der Waals surface area contributed by atoms with E-state index in [9.17, 15) is 14.4 Å². The molecular formula is C11H10NO4. The van der Waals surface area contributed by atoms with E-state index in [1.54, 1.807) is 0 Å². The summed E-state index contributed by atoms with van der Waals surface area (Å²) in [5.41, 5.74) is 7.29. The van der Waals surface area contributed by atoms with Gasteiger partial charge >= 0.3 is 5.97 Å². The first-order valence-corrected chi connectivity index (χ1v) is 4.53. The molecule has 5 heteroatoms. The molecule has 1 atom stereocenters. The summed E-state index contributed by atoms with van der Waals surface area (Å²) in [5.74, 6) is -2.16. The topological polar surface area (TPSA) is 84.2 Å². The highest BCUT2D eigenvalue weighted by Crippen LogP contribution is 2.18. The van der Waals surface area contributed by atoms with E-state index in [0.717, 1.165) is 0 Å². The highest BCUT2D eigenvalue weighted by molar-refractivity contribution is 5.96. The summed E-state index contributed by atoms with van der Waals surface area (Å²) >= 11 is 0. The lowest BCUT2D eigenvalue weighted by Crippen LogP contribution is -2.14. The van der Waals surface area contributed by atoms with Gasteiger partial charge in [-0.1, -0.05) is 12.1 Å². The highest BCUT2D eigenvalue weighted by atomic mass is 16.5. The molecular weight excluding hydrogens is 210 g/mol. The van der Waals surface area contributed by atoms with E-state index in [1.165, 1.54) is 31.2 Å². The number of rotatable bonds is 4. The second-order valence-corrected chi connectivity index (χ2v) is 3.14. The van der Waals surface area contributed by atoms with Crippen molar-refractivity contribution in [1.29, 1.82) is 0 Å². The zero-order valence-corrected chi connectivity index (χ0v) is 8.60. The van der Waals surface area contributed by atoms with Gasteiger partial charge in [0.1, 0.15) is 18.0 Å². The summed E-state index contributed by atoms with van der Waals surface area (Å²) in [6.07, 6.45) is 0.413. The molecule has 0 heterocycles. The third-order valence-corrected chi connectivity index (χ3v) is 1.92. The Morgan fingerprint density at radius 3 is 2.25 bits per heavy atom. The predicted octanol–water partition coefficient (Wildman–Crippen LogP) is 0.704. The fourth-order valence-corrected chi connectivity index (χ4v) is 1.20. The van der Waals surface area contributed by atoms with E-state index in [1.807, 2.05) is 0 Å². The second-order valence-electron chi connectivity index (χ2n) is 3.14. The van der Waals surface area contributed by atoms with E-state index in [-0.39, 0.29) is 0 Å². The van der Waals surface area contributed by atoms with Gasteiger partial charge in [0, 0.05) is 6.92 Å². The monoisotopic (exact) mass is 220 g/mol. The van der Waals surface area contributed by atoms with Crippen LogP contribution in [0.1, 0.15) is 18.4 Å². The minimum absolute atomic E-state index is 0.332. The molecule has 1 radical (unpaired) electrons. The Bertz CT molecular complexity index is 410. The lowest BCUT2D eigenvalue weighted by molar-refractivity contribution is -0.132. The molecule has 5 nitrogen and oxygen atoms in total. The Morgan fingerprint density at radius 1 is 1.31 bits per heavy atom. The molecule has 1 aromatic carbocycles. The minimum Gasteiger partial charge on any atom is -0.427 e. The van der Waals surface area contributed by atoms with Crippen molar-refractivity contribution in [2.45, 2.75) is 12.8 Å². The maximum atomic E-state index is 10.8. The van der Waals surface area contributed by atoms with Crippen molar-refractivity contribution >= 4 is 18.2 Å². The Morgan fingerprint density at radius 2 is 1.88 bits per heavy atom. The quantitative estimate of drug-likeness (QED) is 0.323. The predicted molar refractivity (Wildman–Crippen MR) is 54.7 cm³/mol. The normalized spacial score (nSPS) is 11.6. The van der Waals surface area contributed by atoms with Gasteiger partial charge in [0.05, 0.1) is 0 Å². The molecule has 0 saturated heterocycles. The van der Waals surface area contributed by atoms with Crippen molar-refractivity contribution in [3.05, 3.63) is 29.8 Å². The van der Waals surface area contributed by atoms with Gasteiger partial charge in [-0.2, -0.15) is 0 Å². The van der Waals surface area contributed by atoms with Crippen LogP contribution in [0.4, 0.5) is 0 Å². The number of ether oxygens (including phenoxy) is 1. The second kappa shape index (κ2) is 5.06. The molecule has 0 saturated carbocycles. The number of carbonyl (C=O) groups is 3. The van der Waals surface area contributed by atoms with Crippen molar-refractivity contribution in [1.82, 2.24) is 5.73 Å². The van der Waals surface area contributed by atoms with Crippen LogP contribution in [-0.4, -0.2) is 18.2 Å². The molecule has 1 N–H and O–H groups in total.